The molecule has 0 spiro atoms. The lowest BCUT2D eigenvalue weighted by Crippen LogP contribution is -2.07. The monoisotopic (exact) mass is 395 g/mol. The van der Waals surface area contributed by atoms with Crippen molar-refractivity contribution in [2.45, 2.75) is 13.1 Å². The lowest BCUT2D eigenvalue weighted by Gasteiger charge is -2.12. The van der Waals surface area contributed by atoms with Crippen LogP contribution in [-0.2, 0) is 34.2 Å². The summed E-state index contributed by atoms with van der Waals surface area (Å²) in [5, 5.41) is 2.49. The minimum atomic E-state index is -3.29. The van der Waals surface area contributed by atoms with Crippen LogP contribution >= 0.6 is 7.60 Å². The van der Waals surface area contributed by atoms with Gasteiger partial charge < -0.3 is 23.8 Å². The largest absolute Gasteiger partial charge is 0.426 e. The third-order valence-corrected chi connectivity index (χ3v) is 5.59. The number of fused-ring (bicyclic) bond motifs is 1. The van der Waals surface area contributed by atoms with Crippen molar-refractivity contribution in [3.63, 3.8) is 0 Å². The van der Waals surface area contributed by atoms with E-state index in [-0.39, 0.29) is 36.3 Å². The van der Waals surface area contributed by atoms with Crippen molar-refractivity contribution in [1.29, 1.82) is 0 Å². The highest BCUT2D eigenvalue weighted by Crippen LogP contribution is 2.53. The molecule has 9 nitrogen and oxygen atoms in total. The van der Waals surface area contributed by atoms with Gasteiger partial charge in [0.15, 0.2) is 11.5 Å². The lowest BCUT2D eigenvalue weighted by atomic mass is 10.2. The first-order valence-electron chi connectivity index (χ1n) is 7.66. The van der Waals surface area contributed by atoms with E-state index < -0.39 is 13.5 Å². The van der Waals surface area contributed by atoms with Gasteiger partial charge in [0.1, 0.15) is 5.69 Å². The molecule has 2 rings (SSSR count). The highest BCUT2D eigenvalue weighted by atomic mass is 31.2. The first kappa shape index (κ1) is 20.6. The molecule has 2 aliphatic rings. The van der Waals surface area contributed by atoms with Crippen molar-refractivity contribution >= 4 is 32.1 Å². The zero-order chi connectivity index (χ0) is 20.0. The summed E-state index contributed by atoms with van der Waals surface area (Å²) in [4.78, 5) is 33.3. The van der Waals surface area contributed by atoms with E-state index in [1.54, 1.807) is 24.3 Å². The first-order valence-corrected chi connectivity index (χ1v) is 9.39. The number of nitrogens with one attached hydrogen (secondary N) is 1. The Morgan fingerprint density at radius 1 is 1.00 bits per heavy atom. The van der Waals surface area contributed by atoms with Crippen molar-refractivity contribution in [1.82, 2.24) is 0 Å². The molecule has 0 bridgehead atoms. The molecule has 0 unspecified atom stereocenters. The van der Waals surface area contributed by atoms with Crippen LogP contribution in [0.3, 0.4) is 0 Å². The molecule has 0 atom stereocenters. The molecule has 0 aromatic heterocycles. The minimum absolute atomic E-state index is 0.00354. The van der Waals surface area contributed by atoms with Gasteiger partial charge in [-0.05, 0) is 5.56 Å². The summed E-state index contributed by atoms with van der Waals surface area (Å²) >= 11 is 0. The molecule has 27 heavy (non-hydrogen) atoms. The molecule has 1 N–H and O–H groups in total. The van der Waals surface area contributed by atoms with Gasteiger partial charge in [0.2, 0.25) is 5.91 Å². The Hall–Kier alpha value is -2.74. The maximum absolute atomic E-state index is 12.3. The summed E-state index contributed by atoms with van der Waals surface area (Å²) in [5.41, 5.74) is 1.47. The highest BCUT2D eigenvalue weighted by Gasteiger charge is 2.27. The Balaban J connectivity index is 2.65. The molecule has 0 saturated heterocycles. The normalized spacial score (nSPS) is 11.1. The molecular formula is C17H18NO8P. The molecule has 10 heteroatoms. The Bertz CT molecular complexity index is 826. The molecule has 144 valence electrons. The Morgan fingerprint density at radius 2 is 1.48 bits per heavy atom. The number of rotatable bonds is 9. The average molecular weight is 395 g/mol. The summed E-state index contributed by atoms with van der Waals surface area (Å²) in [5.74, 6) is -0.394. The summed E-state index contributed by atoms with van der Waals surface area (Å²) < 4.78 is 32.2. The molecule has 0 fully saturated rings. The van der Waals surface area contributed by atoms with E-state index in [2.05, 4.69) is 5.32 Å². The SMILES string of the molecule is COP(=O)(Cc1ccc2c(OC=O)c(NC(C)=O)c(OC=O)c-2cc1)OC. The predicted octanol–water partition coefficient (Wildman–Crippen LogP) is 2.81. The van der Waals surface area contributed by atoms with Crippen molar-refractivity contribution in [3.8, 4) is 22.6 Å². The number of ether oxygens (including phenoxy) is 2. The number of carbonyl (C=O) groups excluding carboxylic acids is 3. The van der Waals surface area contributed by atoms with E-state index in [1.807, 2.05) is 0 Å². The molecule has 1 amide bonds. The fraction of sp³-hybridized carbons (Fsp3) is 0.235. The molecule has 0 heterocycles. The smallest absolute Gasteiger partial charge is 0.334 e. The van der Waals surface area contributed by atoms with Gasteiger partial charge in [-0.3, -0.25) is 18.9 Å². The zero-order valence-corrected chi connectivity index (χ0v) is 15.8. The number of hydrogen-bond acceptors (Lipinski definition) is 8. The third-order valence-electron chi connectivity index (χ3n) is 3.73. The minimum Gasteiger partial charge on any atom is -0.426 e. The fourth-order valence-electron chi connectivity index (χ4n) is 2.55. The topological polar surface area (TPSA) is 117 Å². The maximum atomic E-state index is 12.3. The van der Waals surface area contributed by atoms with Crippen molar-refractivity contribution in [2.75, 3.05) is 19.5 Å². The quantitative estimate of drug-likeness (QED) is 0.509. The molecule has 0 aromatic rings. The van der Waals surface area contributed by atoms with Gasteiger partial charge in [0.25, 0.3) is 12.9 Å². The van der Waals surface area contributed by atoms with Crippen LogP contribution in [0, 0.1) is 0 Å². The van der Waals surface area contributed by atoms with Crippen LogP contribution in [0.5, 0.6) is 11.5 Å². The number of carbonyl (C=O) groups is 3. The molecule has 0 radical (unpaired) electrons. The maximum Gasteiger partial charge on any atom is 0.334 e. The number of hydrogen-bond donors (Lipinski definition) is 1. The van der Waals surface area contributed by atoms with Crippen LogP contribution in [0.25, 0.3) is 11.1 Å². The lowest BCUT2D eigenvalue weighted by molar-refractivity contribution is -0.121. The fourth-order valence-corrected chi connectivity index (χ4v) is 3.61. The standard InChI is InChI=1S/C17H18NO8P/c1-11(21)18-15-16(25-9-19)13-6-4-12(8-27(22,23-2)24-3)5-7-14(13)17(15)26-10-20/h4-7,9-10H,8H2,1-3H3,(H,18,21). The van der Waals surface area contributed by atoms with Gasteiger partial charge in [-0.15, -0.1) is 0 Å². The number of amides is 1. The molecule has 0 aromatic carbocycles. The Labute approximate surface area is 155 Å². The summed E-state index contributed by atoms with van der Waals surface area (Å²) in [7, 11) is -0.720. The summed E-state index contributed by atoms with van der Waals surface area (Å²) in [6.07, 6.45) is 0.00354. The Morgan fingerprint density at radius 3 is 1.85 bits per heavy atom. The van der Waals surface area contributed by atoms with E-state index in [1.165, 1.54) is 21.1 Å². The van der Waals surface area contributed by atoms with Crippen molar-refractivity contribution in [2.24, 2.45) is 0 Å². The van der Waals surface area contributed by atoms with Gasteiger partial charge in [0, 0.05) is 32.3 Å². The Kier molecular flexibility index (Phi) is 6.68. The third kappa shape index (κ3) is 4.51. The van der Waals surface area contributed by atoms with Crippen LogP contribution in [-0.4, -0.2) is 33.1 Å². The molecular weight excluding hydrogens is 377 g/mol. The second-order valence-corrected chi connectivity index (χ2v) is 7.61. The average Bonchev–Trinajstić information content (AvgIpc) is 2.78. The molecule has 0 saturated carbocycles. The van der Waals surface area contributed by atoms with Gasteiger partial charge in [-0.1, -0.05) is 24.3 Å². The van der Waals surface area contributed by atoms with Gasteiger partial charge in [-0.25, -0.2) is 0 Å². The van der Waals surface area contributed by atoms with E-state index in [0.29, 0.717) is 16.7 Å². The zero-order valence-electron chi connectivity index (χ0n) is 14.9. The van der Waals surface area contributed by atoms with E-state index in [4.69, 9.17) is 18.5 Å². The highest BCUT2D eigenvalue weighted by molar-refractivity contribution is 7.52. The van der Waals surface area contributed by atoms with E-state index in [0.717, 1.165) is 0 Å². The molecule has 2 aliphatic carbocycles. The predicted molar refractivity (Wildman–Crippen MR) is 96.1 cm³/mol. The van der Waals surface area contributed by atoms with Crippen LogP contribution in [0.1, 0.15) is 12.5 Å². The second-order valence-electron chi connectivity index (χ2n) is 5.35. The van der Waals surface area contributed by atoms with Crippen LogP contribution < -0.4 is 14.8 Å². The molecule has 0 aliphatic heterocycles. The second kappa shape index (κ2) is 8.77. The van der Waals surface area contributed by atoms with Crippen LogP contribution in [0.4, 0.5) is 5.69 Å². The van der Waals surface area contributed by atoms with Crippen molar-refractivity contribution in [3.05, 3.63) is 29.8 Å². The van der Waals surface area contributed by atoms with Crippen molar-refractivity contribution < 1.29 is 37.5 Å². The van der Waals surface area contributed by atoms with E-state index >= 15 is 0 Å². The summed E-state index contributed by atoms with van der Waals surface area (Å²) in [6.45, 7) is 1.66. The van der Waals surface area contributed by atoms with E-state index in [9.17, 15) is 18.9 Å². The van der Waals surface area contributed by atoms with Crippen LogP contribution in [0.2, 0.25) is 0 Å². The van der Waals surface area contributed by atoms with Gasteiger partial charge >= 0.3 is 7.60 Å². The van der Waals surface area contributed by atoms with Gasteiger partial charge in [-0.2, -0.15) is 0 Å². The number of anilines is 1. The van der Waals surface area contributed by atoms with Crippen LogP contribution in [0.15, 0.2) is 24.3 Å². The first-order chi connectivity index (χ1) is 12.9. The summed E-state index contributed by atoms with van der Waals surface area (Å²) in [6, 6.07) is 6.43. The van der Waals surface area contributed by atoms with Gasteiger partial charge in [0.05, 0.1) is 6.16 Å².